The average molecular weight is 374 g/mol. The average Bonchev–Trinajstić information content (AvgIpc) is 2.60. The number of carboxylic acids is 1. The van der Waals surface area contributed by atoms with Crippen LogP contribution in [0.3, 0.4) is 0 Å². The maximum atomic E-state index is 11.3. The Bertz CT molecular complexity index is 793. The number of esters is 1. The van der Waals surface area contributed by atoms with Crippen LogP contribution in [0.5, 0.6) is 11.5 Å². The van der Waals surface area contributed by atoms with Crippen LogP contribution in [0.4, 0.5) is 0 Å². The van der Waals surface area contributed by atoms with Crippen molar-refractivity contribution < 1.29 is 28.9 Å². The SMILES string of the molecule is COC(=O)c1cc(C)c(OC)c(C)c1.COc1c(C)cc(C(=O)O)cc1C. The first-order valence-electron chi connectivity index (χ1n) is 8.28. The molecule has 0 aromatic heterocycles. The molecule has 0 saturated carbocycles. The smallest absolute Gasteiger partial charge is 0.337 e. The Kier molecular flexibility index (Phi) is 7.84. The minimum Gasteiger partial charge on any atom is -0.496 e. The number of benzene rings is 2. The number of aromatic carboxylic acids is 1. The van der Waals surface area contributed by atoms with Gasteiger partial charge in [0.05, 0.1) is 32.5 Å². The molecule has 0 aliphatic carbocycles. The van der Waals surface area contributed by atoms with Crippen LogP contribution in [0, 0.1) is 27.7 Å². The van der Waals surface area contributed by atoms with Crippen molar-refractivity contribution in [3.8, 4) is 11.5 Å². The van der Waals surface area contributed by atoms with Crippen molar-refractivity contribution in [1.29, 1.82) is 0 Å². The first kappa shape index (κ1) is 22.0. The van der Waals surface area contributed by atoms with Crippen LogP contribution < -0.4 is 9.47 Å². The molecule has 2 rings (SSSR count). The van der Waals surface area contributed by atoms with Gasteiger partial charge in [-0.15, -0.1) is 0 Å². The first-order valence-corrected chi connectivity index (χ1v) is 8.28. The normalized spacial score (nSPS) is 9.74. The molecule has 2 aromatic rings. The summed E-state index contributed by atoms with van der Waals surface area (Å²) in [5.41, 5.74) is 4.43. The van der Waals surface area contributed by atoms with Gasteiger partial charge in [0.25, 0.3) is 0 Å². The van der Waals surface area contributed by atoms with Crippen molar-refractivity contribution in [2.75, 3.05) is 21.3 Å². The minimum absolute atomic E-state index is 0.302. The van der Waals surface area contributed by atoms with Crippen molar-refractivity contribution in [2.24, 2.45) is 0 Å². The van der Waals surface area contributed by atoms with E-state index in [1.165, 1.54) is 7.11 Å². The lowest BCUT2D eigenvalue weighted by Gasteiger charge is -2.09. The van der Waals surface area contributed by atoms with Gasteiger partial charge >= 0.3 is 11.9 Å². The third kappa shape index (κ3) is 5.48. The fourth-order valence-electron chi connectivity index (χ4n) is 2.90. The van der Waals surface area contributed by atoms with Crippen LogP contribution in [0.2, 0.25) is 0 Å². The molecule has 0 heterocycles. The maximum absolute atomic E-state index is 11.3. The molecule has 146 valence electrons. The summed E-state index contributed by atoms with van der Waals surface area (Å²) < 4.78 is 14.9. The minimum atomic E-state index is -0.908. The number of carboxylic acid groups (broad SMARTS) is 1. The summed E-state index contributed by atoms with van der Waals surface area (Å²) in [5, 5.41) is 8.76. The summed E-state index contributed by atoms with van der Waals surface area (Å²) in [6.45, 7) is 7.47. The van der Waals surface area contributed by atoms with E-state index >= 15 is 0 Å². The van der Waals surface area contributed by atoms with E-state index < -0.39 is 5.97 Å². The summed E-state index contributed by atoms with van der Waals surface area (Å²) in [6, 6.07) is 6.73. The molecule has 0 amide bonds. The summed E-state index contributed by atoms with van der Waals surface area (Å²) in [6.07, 6.45) is 0. The number of hydrogen-bond acceptors (Lipinski definition) is 5. The van der Waals surface area contributed by atoms with Gasteiger partial charge in [0.2, 0.25) is 0 Å². The summed E-state index contributed by atoms with van der Waals surface area (Å²) in [5.74, 6) is 0.343. The third-order valence-electron chi connectivity index (χ3n) is 4.00. The summed E-state index contributed by atoms with van der Waals surface area (Å²) in [4.78, 5) is 21.9. The van der Waals surface area contributed by atoms with Crippen molar-refractivity contribution in [3.63, 3.8) is 0 Å². The molecular weight excluding hydrogens is 348 g/mol. The standard InChI is InChI=1S/C11H14O3.C10H12O3/c1-7-5-9(11(12)14-4)6-8(2)10(7)13-3;1-6-4-8(10(11)12)5-7(2)9(6)13-3/h5-6H,1-4H3;4-5H,1-3H3,(H,11,12). The molecule has 1 N–H and O–H groups in total. The molecule has 0 spiro atoms. The molecule has 0 fully saturated rings. The third-order valence-corrected chi connectivity index (χ3v) is 4.00. The highest BCUT2D eigenvalue weighted by Gasteiger charge is 2.11. The molecular formula is C21H26O6. The van der Waals surface area contributed by atoms with Crippen LogP contribution in [-0.4, -0.2) is 38.4 Å². The zero-order chi connectivity index (χ0) is 20.7. The van der Waals surface area contributed by atoms with Gasteiger partial charge in [-0.1, -0.05) is 0 Å². The Hall–Kier alpha value is -3.02. The first-order chi connectivity index (χ1) is 12.7. The number of rotatable bonds is 4. The molecule has 2 aromatic carbocycles. The zero-order valence-electron chi connectivity index (χ0n) is 16.8. The predicted octanol–water partition coefficient (Wildman–Crippen LogP) is 4.11. The Balaban J connectivity index is 0.000000271. The van der Waals surface area contributed by atoms with Gasteiger partial charge in [-0.2, -0.15) is 0 Å². The highest BCUT2D eigenvalue weighted by Crippen LogP contribution is 2.25. The van der Waals surface area contributed by atoms with Gasteiger partial charge in [0.1, 0.15) is 11.5 Å². The zero-order valence-corrected chi connectivity index (χ0v) is 16.8. The molecule has 6 heteroatoms. The van der Waals surface area contributed by atoms with Crippen LogP contribution in [-0.2, 0) is 4.74 Å². The van der Waals surface area contributed by atoms with Crippen LogP contribution in [0.25, 0.3) is 0 Å². The van der Waals surface area contributed by atoms with Gasteiger partial charge in [-0.05, 0) is 74.2 Å². The molecule has 0 aliphatic heterocycles. The number of hydrogen-bond donors (Lipinski definition) is 1. The van der Waals surface area contributed by atoms with E-state index in [9.17, 15) is 9.59 Å². The summed E-state index contributed by atoms with van der Waals surface area (Å²) >= 11 is 0. The van der Waals surface area contributed by atoms with Crippen molar-refractivity contribution in [3.05, 3.63) is 57.6 Å². The van der Waals surface area contributed by atoms with E-state index in [0.29, 0.717) is 11.1 Å². The lowest BCUT2D eigenvalue weighted by molar-refractivity contribution is 0.0599. The number of aryl methyl sites for hydroxylation is 4. The number of carbonyl (C=O) groups excluding carboxylic acids is 1. The number of carbonyl (C=O) groups is 2. The van der Waals surface area contributed by atoms with Gasteiger partial charge in [-0.3, -0.25) is 0 Å². The van der Waals surface area contributed by atoms with Gasteiger partial charge in [0.15, 0.2) is 0 Å². The molecule has 0 atom stereocenters. The van der Waals surface area contributed by atoms with E-state index in [2.05, 4.69) is 4.74 Å². The van der Waals surface area contributed by atoms with Crippen LogP contribution in [0.1, 0.15) is 43.0 Å². The monoisotopic (exact) mass is 374 g/mol. The van der Waals surface area contributed by atoms with E-state index in [1.807, 2.05) is 27.7 Å². The lowest BCUT2D eigenvalue weighted by atomic mass is 10.1. The van der Waals surface area contributed by atoms with Gasteiger partial charge in [-0.25, -0.2) is 9.59 Å². The molecule has 6 nitrogen and oxygen atoms in total. The second-order valence-corrected chi connectivity index (χ2v) is 6.08. The second kappa shape index (κ2) is 9.62. The molecule has 0 unspecified atom stereocenters. The maximum Gasteiger partial charge on any atom is 0.337 e. The predicted molar refractivity (Wildman–Crippen MR) is 103 cm³/mol. The van der Waals surface area contributed by atoms with Gasteiger partial charge < -0.3 is 19.3 Å². The van der Waals surface area contributed by atoms with Crippen molar-refractivity contribution in [2.45, 2.75) is 27.7 Å². The van der Waals surface area contributed by atoms with E-state index in [4.69, 9.17) is 14.6 Å². The Morgan fingerprint density at radius 1 is 0.704 bits per heavy atom. The summed E-state index contributed by atoms with van der Waals surface area (Å²) in [7, 11) is 4.57. The van der Waals surface area contributed by atoms with E-state index in [0.717, 1.165) is 33.8 Å². The highest BCUT2D eigenvalue weighted by atomic mass is 16.5. The molecule has 0 aliphatic rings. The lowest BCUT2D eigenvalue weighted by Crippen LogP contribution is -2.03. The van der Waals surface area contributed by atoms with Crippen molar-refractivity contribution in [1.82, 2.24) is 0 Å². The Morgan fingerprint density at radius 3 is 1.30 bits per heavy atom. The fourth-order valence-corrected chi connectivity index (χ4v) is 2.90. The van der Waals surface area contributed by atoms with Gasteiger partial charge in [0, 0.05) is 0 Å². The number of methoxy groups -OCH3 is 3. The molecule has 0 saturated heterocycles. The second-order valence-electron chi connectivity index (χ2n) is 6.08. The number of ether oxygens (including phenoxy) is 3. The Labute approximate surface area is 159 Å². The van der Waals surface area contributed by atoms with Crippen molar-refractivity contribution >= 4 is 11.9 Å². The van der Waals surface area contributed by atoms with E-state index in [1.54, 1.807) is 38.5 Å². The fraction of sp³-hybridized carbons (Fsp3) is 0.333. The quantitative estimate of drug-likeness (QED) is 0.811. The topological polar surface area (TPSA) is 82.1 Å². The Morgan fingerprint density at radius 2 is 1.04 bits per heavy atom. The van der Waals surface area contributed by atoms with Crippen LogP contribution in [0.15, 0.2) is 24.3 Å². The largest absolute Gasteiger partial charge is 0.496 e. The van der Waals surface area contributed by atoms with Crippen LogP contribution >= 0.6 is 0 Å². The molecule has 27 heavy (non-hydrogen) atoms. The highest BCUT2D eigenvalue weighted by molar-refractivity contribution is 5.90. The molecule has 0 bridgehead atoms. The molecule has 0 radical (unpaired) electrons. The van der Waals surface area contributed by atoms with E-state index in [-0.39, 0.29) is 5.97 Å².